The second-order valence-electron chi connectivity index (χ2n) is 2.10. The summed E-state index contributed by atoms with van der Waals surface area (Å²) in [5, 5.41) is 0. The third kappa shape index (κ3) is 2.86. The molecular weight excluding hydrogens is 211 g/mol. The van der Waals surface area contributed by atoms with E-state index in [2.05, 4.69) is 19.9 Å². The average molecular weight is 218 g/mol. The second-order valence-corrected chi connectivity index (χ2v) is 2.64. The van der Waals surface area contributed by atoms with Crippen LogP contribution in [0, 0.1) is 0 Å². The molecule has 8 nitrogen and oxygen atoms in total. The molecule has 0 aliphatic carbocycles. The topological polar surface area (TPSA) is 135 Å². The Morgan fingerprint density at radius 2 is 1.64 bits per heavy atom. The van der Waals surface area contributed by atoms with Crippen molar-refractivity contribution in [2.24, 2.45) is 0 Å². The number of hydrogen-bond donors (Lipinski definition) is 5. The third-order valence-corrected chi connectivity index (χ3v) is 1.23. The van der Waals surface area contributed by atoms with Gasteiger partial charge in [0.15, 0.2) is 11.2 Å². The van der Waals surface area contributed by atoms with Crippen LogP contribution < -0.4 is 5.56 Å². The van der Waals surface area contributed by atoms with Gasteiger partial charge in [0, 0.05) is 0 Å². The molecular formula is C5H7N4O4P. The molecule has 2 aromatic rings. The first-order valence-corrected chi connectivity index (χ1v) is 4.55. The highest BCUT2D eigenvalue weighted by molar-refractivity contribution is 7.38. The van der Waals surface area contributed by atoms with Crippen molar-refractivity contribution >= 4 is 19.8 Å². The van der Waals surface area contributed by atoms with Crippen LogP contribution in [0.3, 0.4) is 0 Å². The summed E-state index contributed by atoms with van der Waals surface area (Å²) in [6.07, 6.45) is 2.76. The molecule has 0 saturated heterocycles. The zero-order valence-corrected chi connectivity index (χ0v) is 7.64. The Morgan fingerprint density at radius 1 is 1.14 bits per heavy atom. The average Bonchev–Trinajstić information content (AvgIpc) is 2.52. The van der Waals surface area contributed by atoms with E-state index in [-0.39, 0.29) is 5.56 Å². The third-order valence-electron chi connectivity index (χ3n) is 1.23. The molecule has 0 aliphatic rings. The van der Waals surface area contributed by atoms with Gasteiger partial charge in [0.1, 0.15) is 0 Å². The van der Waals surface area contributed by atoms with Gasteiger partial charge in [-0.15, -0.1) is 0 Å². The first-order valence-electron chi connectivity index (χ1n) is 3.35. The van der Waals surface area contributed by atoms with Gasteiger partial charge in [-0.2, -0.15) is 0 Å². The SMILES string of the molecule is O=c1[nH]cnc2nc[nH]c12.OP(O)O. The maximum Gasteiger partial charge on any atom is 0.324 e. The molecule has 14 heavy (non-hydrogen) atoms. The molecule has 0 saturated carbocycles. The van der Waals surface area contributed by atoms with Gasteiger partial charge in [-0.1, -0.05) is 0 Å². The molecule has 5 N–H and O–H groups in total. The van der Waals surface area contributed by atoms with E-state index < -0.39 is 8.60 Å². The quantitative estimate of drug-likeness (QED) is 0.354. The number of nitrogens with zero attached hydrogens (tertiary/aromatic N) is 2. The van der Waals surface area contributed by atoms with E-state index in [0.29, 0.717) is 11.2 Å². The minimum absolute atomic E-state index is 0.192. The highest BCUT2D eigenvalue weighted by atomic mass is 31.2. The fourth-order valence-electron chi connectivity index (χ4n) is 0.776. The van der Waals surface area contributed by atoms with Gasteiger partial charge in [0.05, 0.1) is 12.7 Å². The molecule has 76 valence electrons. The number of H-pyrrole nitrogens is 2. The molecule has 0 amide bonds. The van der Waals surface area contributed by atoms with E-state index in [1.54, 1.807) is 0 Å². The molecule has 0 fully saturated rings. The van der Waals surface area contributed by atoms with Gasteiger partial charge in [-0.05, 0) is 0 Å². The summed E-state index contributed by atoms with van der Waals surface area (Å²) in [7, 11) is -2.62. The lowest BCUT2D eigenvalue weighted by molar-refractivity contribution is 0.368. The van der Waals surface area contributed by atoms with Gasteiger partial charge < -0.3 is 24.6 Å². The van der Waals surface area contributed by atoms with Crippen LogP contribution in [0.25, 0.3) is 11.2 Å². The first-order chi connectivity index (χ1) is 6.61. The van der Waals surface area contributed by atoms with E-state index in [1.807, 2.05) is 0 Å². The lowest BCUT2D eigenvalue weighted by atomic mass is 10.6. The zero-order chi connectivity index (χ0) is 10.6. The van der Waals surface area contributed by atoms with Gasteiger partial charge in [-0.25, -0.2) is 9.97 Å². The summed E-state index contributed by atoms with van der Waals surface area (Å²) in [6.45, 7) is 0. The molecule has 0 atom stereocenters. The summed E-state index contributed by atoms with van der Waals surface area (Å²) >= 11 is 0. The number of aromatic amines is 2. The fraction of sp³-hybridized carbons (Fsp3) is 0. The standard InChI is InChI=1S/C5H4N4O.H3O3P/c10-5-3-4(7-1-6-3)8-2-9-5;1-4(2)3/h1-2H,(H2,6,7,8,9,10);1-3H. The Hall–Kier alpha value is -1.34. The summed E-state index contributed by atoms with van der Waals surface area (Å²) in [5.74, 6) is 0. The van der Waals surface area contributed by atoms with Gasteiger partial charge in [0.25, 0.3) is 5.56 Å². The number of nitrogens with one attached hydrogen (secondary N) is 2. The van der Waals surface area contributed by atoms with Crippen molar-refractivity contribution in [3.8, 4) is 0 Å². The monoisotopic (exact) mass is 218 g/mol. The number of hydrogen-bond acceptors (Lipinski definition) is 6. The van der Waals surface area contributed by atoms with Gasteiger partial charge >= 0.3 is 8.60 Å². The molecule has 0 aromatic carbocycles. The molecule has 2 rings (SSSR count). The lowest BCUT2D eigenvalue weighted by Gasteiger charge is -1.81. The summed E-state index contributed by atoms with van der Waals surface area (Å²) in [5.41, 5.74) is 0.675. The van der Waals surface area contributed by atoms with Crippen molar-refractivity contribution in [1.82, 2.24) is 19.9 Å². The number of rotatable bonds is 0. The normalized spacial score (nSPS) is 10.0. The van der Waals surface area contributed by atoms with Crippen LogP contribution in [0.5, 0.6) is 0 Å². The van der Waals surface area contributed by atoms with E-state index in [1.165, 1.54) is 12.7 Å². The highest BCUT2D eigenvalue weighted by Gasteiger charge is 1.97. The molecule has 2 heterocycles. The van der Waals surface area contributed by atoms with Crippen LogP contribution in [0.1, 0.15) is 0 Å². The maximum absolute atomic E-state index is 10.9. The van der Waals surface area contributed by atoms with E-state index in [4.69, 9.17) is 14.7 Å². The molecule has 2 aromatic heterocycles. The second kappa shape index (κ2) is 4.77. The molecule has 0 radical (unpaired) electrons. The molecule has 9 heteroatoms. The minimum Gasteiger partial charge on any atom is -0.339 e. The van der Waals surface area contributed by atoms with Crippen molar-refractivity contribution in [2.75, 3.05) is 0 Å². The van der Waals surface area contributed by atoms with Crippen molar-refractivity contribution in [3.63, 3.8) is 0 Å². The van der Waals surface area contributed by atoms with Crippen LogP contribution in [0.2, 0.25) is 0 Å². The molecule has 0 unspecified atom stereocenters. The van der Waals surface area contributed by atoms with Crippen LogP contribution in [0.4, 0.5) is 0 Å². The van der Waals surface area contributed by atoms with Gasteiger partial charge in [0.2, 0.25) is 0 Å². The Kier molecular flexibility index (Phi) is 3.66. The Balaban J connectivity index is 0.000000213. The van der Waals surface area contributed by atoms with Crippen LogP contribution in [-0.2, 0) is 0 Å². The van der Waals surface area contributed by atoms with Gasteiger partial charge in [-0.3, -0.25) is 4.79 Å². The number of fused-ring (bicyclic) bond motifs is 1. The molecule has 0 spiro atoms. The summed E-state index contributed by atoms with van der Waals surface area (Å²) < 4.78 is 0. The van der Waals surface area contributed by atoms with E-state index in [9.17, 15) is 4.79 Å². The van der Waals surface area contributed by atoms with Crippen LogP contribution >= 0.6 is 8.60 Å². The predicted octanol–water partition coefficient (Wildman–Crippen LogP) is -1.16. The largest absolute Gasteiger partial charge is 0.339 e. The maximum atomic E-state index is 10.9. The van der Waals surface area contributed by atoms with Crippen LogP contribution in [0.15, 0.2) is 17.4 Å². The summed E-state index contributed by atoms with van der Waals surface area (Å²) in [4.78, 5) is 45.3. The van der Waals surface area contributed by atoms with Crippen molar-refractivity contribution in [1.29, 1.82) is 0 Å². The summed E-state index contributed by atoms with van der Waals surface area (Å²) in [6, 6.07) is 0. The lowest BCUT2D eigenvalue weighted by Crippen LogP contribution is -2.05. The van der Waals surface area contributed by atoms with E-state index >= 15 is 0 Å². The van der Waals surface area contributed by atoms with Crippen molar-refractivity contribution in [3.05, 3.63) is 23.0 Å². The number of aromatic nitrogens is 4. The Bertz CT molecular complexity index is 449. The van der Waals surface area contributed by atoms with Crippen LogP contribution in [-0.4, -0.2) is 34.6 Å². The Morgan fingerprint density at radius 3 is 2.14 bits per heavy atom. The van der Waals surface area contributed by atoms with Crippen molar-refractivity contribution < 1.29 is 14.7 Å². The fourth-order valence-corrected chi connectivity index (χ4v) is 0.776. The first kappa shape index (κ1) is 10.7. The highest BCUT2D eigenvalue weighted by Crippen LogP contribution is 2.11. The molecule has 0 aliphatic heterocycles. The Labute approximate surface area is 78.3 Å². The zero-order valence-electron chi connectivity index (χ0n) is 6.75. The van der Waals surface area contributed by atoms with E-state index in [0.717, 1.165) is 0 Å². The predicted molar refractivity (Wildman–Crippen MR) is 48.1 cm³/mol. The van der Waals surface area contributed by atoms with Crippen molar-refractivity contribution in [2.45, 2.75) is 0 Å². The minimum atomic E-state index is -2.62. The number of imidazole rings is 1. The smallest absolute Gasteiger partial charge is 0.324 e. The molecule has 0 bridgehead atoms.